The second-order valence-electron chi connectivity index (χ2n) is 2.93. The number of fused-ring (bicyclic) bond motifs is 1. The molecule has 4 nitrogen and oxygen atoms in total. The first-order chi connectivity index (χ1) is 6.59. The molecule has 1 aromatic heterocycles. The number of phenolic OH excluding ortho intramolecular Hbond substituents is 1. The summed E-state index contributed by atoms with van der Waals surface area (Å²) in [6, 6.07) is 4.69. The van der Waals surface area contributed by atoms with Crippen LogP contribution < -0.4 is 11.2 Å². The van der Waals surface area contributed by atoms with Crippen LogP contribution in [0.1, 0.15) is 0 Å². The van der Waals surface area contributed by atoms with Crippen LogP contribution >= 0.6 is 11.3 Å². The number of phenols is 1. The lowest BCUT2D eigenvalue weighted by atomic mass is 9.79. The molecule has 0 saturated heterocycles. The highest BCUT2D eigenvalue weighted by molar-refractivity contribution is 7.24. The molecule has 0 radical (unpaired) electrons. The molecule has 1 heterocycles. The van der Waals surface area contributed by atoms with E-state index < -0.39 is 7.12 Å². The van der Waals surface area contributed by atoms with Crippen LogP contribution in [0.4, 0.5) is 5.00 Å². The van der Waals surface area contributed by atoms with Gasteiger partial charge in [0.05, 0.1) is 5.00 Å². The van der Waals surface area contributed by atoms with E-state index in [1.807, 2.05) is 0 Å². The van der Waals surface area contributed by atoms with Crippen molar-refractivity contribution in [3.8, 4) is 5.75 Å². The maximum absolute atomic E-state index is 9.25. The Morgan fingerprint density at radius 3 is 2.64 bits per heavy atom. The summed E-state index contributed by atoms with van der Waals surface area (Å²) in [5.74, 6) is 0.0807. The number of anilines is 1. The van der Waals surface area contributed by atoms with Gasteiger partial charge in [-0.2, -0.15) is 0 Å². The van der Waals surface area contributed by atoms with Crippen molar-refractivity contribution in [3.63, 3.8) is 0 Å². The Balaban J connectivity index is 2.79. The molecule has 0 unspecified atom stereocenters. The molecule has 0 spiro atoms. The predicted octanol–water partition coefficient (Wildman–Crippen LogP) is -0.131. The molecule has 0 aliphatic rings. The van der Waals surface area contributed by atoms with Crippen molar-refractivity contribution in [2.75, 3.05) is 5.73 Å². The van der Waals surface area contributed by atoms with Gasteiger partial charge in [-0.1, -0.05) is 0 Å². The van der Waals surface area contributed by atoms with Crippen LogP contribution in [0.3, 0.4) is 0 Å². The molecule has 5 N–H and O–H groups in total. The van der Waals surface area contributed by atoms with E-state index in [0.717, 1.165) is 4.70 Å². The number of benzene rings is 1. The molecule has 0 aliphatic heterocycles. The SMILES string of the molecule is Nc1sc2ccc(O)cc2c1B(O)O. The molecule has 0 aliphatic carbocycles. The van der Waals surface area contributed by atoms with E-state index in [2.05, 4.69) is 0 Å². The van der Waals surface area contributed by atoms with Gasteiger partial charge in [0, 0.05) is 10.2 Å². The first-order valence-electron chi connectivity index (χ1n) is 3.96. The maximum atomic E-state index is 9.25. The van der Waals surface area contributed by atoms with Crippen molar-refractivity contribution < 1.29 is 15.2 Å². The largest absolute Gasteiger partial charge is 0.508 e. The third kappa shape index (κ3) is 1.33. The van der Waals surface area contributed by atoms with Crippen molar-refractivity contribution in [3.05, 3.63) is 18.2 Å². The quantitative estimate of drug-likeness (QED) is 0.492. The molecule has 6 heteroatoms. The number of thiophene rings is 1. The van der Waals surface area contributed by atoms with Gasteiger partial charge in [0.15, 0.2) is 0 Å². The highest BCUT2D eigenvalue weighted by atomic mass is 32.1. The lowest BCUT2D eigenvalue weighted by Crippen LogP contribution is -2.30. The highest BCUT2D eigenvalue weighted by Gasteiger charge is 2.21. The molecule has 0 amide bonds. The average molecular weight is 209 g/mol. The van der Waals surface area contributed by atoms with Gasteiger partial charge in [-0.25, -0.2) is 0 Å². The number of rotatable bonds is 1. The molecule has 0 fully saturated rings. The van der Waals surface area contributed by atoms with E-state index in [-0.39, 0.29) is 11.2 Å². The molecule has 0 saturated carbocycles. The summed E-state index contributed by atoms with van der Waals surface area (Å²) in [6.07, 6.45) is 0. The van der Waals surface area contributed by atoms with E-state index in [4.69, 9.17) is 15.8 Å². The van der Waals surface area contributed by atoms with Crippen molar-refractivity contribution >= 4 is 39.0 Å². The number of hydrogen-bond donors (Lipinski definition) is 4. The van der Waals surface area contributed by atoms with Crippen molar-refractivity contribution in [2.24, 2.45) is 0 Å². The summed E-state index contributed by atoms with van der Waals surface area (Å²) in [5, 5.41) is 28.4. The Morgan fingerprint density at radius 1 is 1.29 bits per heavy atom. The lowest BCUT2D eigenvalue weighted by Gasteiger charge is -1.98. The van der Waals surface area contributed by atoms with Gasteiger partial charge in [-0.15, -0.1) is 11.3 Å². The van der Waals surface area contributed by atoms with Crippen LogP contribution in [-0.4, -0.2) is 22.3 Å². The fourth-order valence-corrected chi connectivity index (χ4v) is 2.37. The summed E-state index contributed by atoms with van der Waals surface area (Å²) in [5.41, 5.74) is 5.89. The van der Waals surface area contributed by atoms with Gasteiger partial charge >= 0.3 is 7.12 Å². The second kappa shape index (κ2) is 3.16. The lowest BCUT2D eigenvalue weighted by molar-refractivity contribution is 0.426. The third-order valence-electron chi connectivity index (χ3n) is 2.00. The zero-order chi connectivity index (χ0) is 10.3. The first-order valence-corrected chi connectivity index (χ1v) is 4.78. The van der Waals surface area contributed by atoms with Gasteiger partial charge in [-0.05, 0) is 23.6 Å². The summed E-state index contributed by atoms with van der Waals surface area (Å²) < 4.78 is 0.823. The van der Waals surface area contributed by atoms with E-state index in [1.165, 1.54) is 23.5 Å². The molecule has 14 heavy (non-hydrogen) atoms. The van der Waals surface area contributed by atoms with Gasteiger partial charge < -0.3 is 20.9 Å². The Bertz CT molecular complexity index is 483. The zero-order valence-corrected chi connectivity index (χ0v) is 7.95. The number of nitrogen functional groups attached to an aromatic ring is 1. The molecule has 0 bridgehead atoms. The van der Waals surface area contributed by atoms with Crippen LogP contribution in [-0.2, 0) is 0 Å². The van der Waals surface area contributed by atoms with E-state index in [1.54, 1.807) is 6.07 Å². The molecule has 1 aromatic carbocycles. The fraction of sp³-hybridized carbons (Fsp3) is 0. The first kappa shape index (κ1) is 9.33. The minimum Gasteiger partial charge on any atom is -0.508 e. The molecule has 2 rings (SSSR count). The number of nitrogens with two attached hydrogens (primary N) is 1. The zero-order valence-electron chi connectivity index (χ0n) is 7.14. The van der Waals surface area contributed by atoms with Crippen LogP contribution in [0.2, 0.25) is 0 Å². The minimum absolute atomic E-state index is 0.0807. The molecule has 0 atom stereocenters. The summed E-state index contributed by atoms with van der Waals surface area (Å²) >= 11 is 1.26. The monoisotopic (exact) mass is 209 g/mol. The predicted molar refractivity (Wildman–Crippen MR) is 57.7 cm³/mol. The molecular formula is C8H8BNO3S. The fourth-order valence-electron chi connectivity index (χ4n) is 1.39. The Labute approximate surface area is 84.4 Å². The maximum Gasteiger partial charge on any atom is 0.492 e. The van der Waals surface area contributed by atoms with Crippen molar-refractivity contribution in [1.29, 1.82) is 0 Å². The van der Waals surface area contributed by atoms with Gasteiger partial charge in [-0.3, -0.25) is 0 Å². The Hall–Kier alpha value is -1.24. The van der Waals surface area contributed by atoms with E-state index in [0.29, 0.717) is 10.4 Å². The van der Waals surface area contributed by atoms with Crippen LogP contribution in [0, 0.1) is 0 Å². The normalized spacial score (nSPS) is 10.7. The molecular weight excluding hydrogens is 201 g/mol. The van der Waals surface area contributed by atoms with E-state index >= 15 is 0 Å². The summed E-state index contributed by atoms with van der Waals surface area (Å²) in [7, 11) is -1.61. The van der Waals surface area contributed by atoms with Gasteiger partial charge in [0.1, 0.15) is 5.75 Å². The van der Waals surface area contributed by atoms with E-state index in [9.17, 15) is 5.11 Å². The van der Waals surface area contributed by atoms with Crippen molar-refractivity contribution in [2.45, 2.75) is 0 Å². The van der Waals surface area contributed by atoms with Crippen molar-refractivity contribution in [1.82, 2.24) is 0 Å². The number of hydrogen-bond acceptors (Lipinski definition) is 5. The topological polar surface area (TPSA) is 86.7 Å². The minimum atomic E-state index is -1.61. The van der Waals surface area contributed by atoms with Crippen LogP contribution in [0.25, 0.3) is 10.1 Å². The summed E-state index contributed by atoms with van der Waals surface area (Å²) in [4.78, 5) is 0. The van der Waals surface area contributed by atoms with Gasteiger partial charge in [0.25, 0.3) is 0 Å². The number of aromatic hydroxyl groups is 1. The highest BCUT2D eigenvalue weighted by Crippen LogP contribution is 2.28. The molecule has 72 valence electrons. The Kier molecular flexibility index (Phi) is 2.11. The Morgan fingerprint density at radius 2 is 2.00 bits per heavy atom. The van der Waals surface area contributed by atoms with Crippen LogP contribution in [0.15, 0.2) is 18.2 Å². The average Bonchev–Trinajstić information content (AvgIpc) is 2.40. The summed E-state index contributed by atoms with van der Waals surface area (Å²) in [6.45, 7) is 0. The smallest absolute Gasteiger partial charge is 0.492 e. The van der Waals surface area contributed by atoms with Gasteiger partial charge in [0.2, 0.25) is 0 Å². The standard InChI is InChI=1S/C8H8BNO3S/c10-8-7(9(12)13)5-3-4(11)1-2-6(5)14-8/h1-3,11-13H,10H2. The van der Waals surface area contributed by atoms with Crippen LogP contribution in [0.5, 0.6) is 5.75 Å². The third-order valence-corrected chi connectivity index (χ3v) is 3.01. The molecule has 2 aromatic rings. The second-order valence-corrected chi connectivity index (χ2v) is 4.02.